The zero-order chi connectivity index (χ0) is 9.19. The van der Waals surface area contributed by atoms with E-state index in [-0.39, 0.29) is 11.0 Å². The number of aromatic nitrogens is 2. The Kier molecular flexibility index (Phi) is 2.31. The number of nitrogens with zero attached hydrogens (tertiary/aromatic N) is 1. The Bertz CT molecular complexity index is 309. The van der Waals surface area contributed by atoms with Gasteiger partial charge in [0.2, 0.25) is 0 Å². The maximum absolute atomic E-state index is 11.2. The largest absolute Gasteiger partial charge is 0.326 e. The van der Waals surface area contributed by atoms with Crippen LogP contribution in [0.25, 0.3) is 0 Å². The molecule has 3 heteroatoms. The summed E-state index contributed by atoms with van der Waals surface area (Å²) in [5.74, 6) is 0. The molecule has 0 saturated heterocycles. The van der Waals surface area contributed by atoms with Gasteiger partial charge < -0.3 is 4.98 Å². The highest BCUT2D eigenvalue weighted by molar-refractivity contribution is 4.98. The lowest BCUT2D eigenvalue weighted by molar-refractivity contribution is 0.404. The van der Waals surface area contributed by atoms with Gasteiger partial charge in [-0.3, -0.25) is 9.78 Å². The second-order valence-electron chi connectivity index (χ2n) is 4.10. The fourth-order valence-corrected chi connectivity index (χ4v) is 1.01. The van der Waals surface area contributed by atoms with Gasteiger partial charge in [-0.15, -0.1) is 0 Å². The van der Waals surface area contributed by atoms with Gasteiger partial charge in [0.25, 0.3) is 5.56 Å². The van der Waals surface area contributed by atoms with Crippen LogP contribution in [0.15, 0.2) is 17.2 Å². The molecular weight excluding hydrogens is 152 g/mol. The van der Waals surface area contributed by atoms with E-state index in [9.17, 15) is 4.79 Å². The molecular formula is C9H14N2O. The Hall–Kier alpha value is -1.12. The average Bonchev–Trinajstić information content (AvgIpc) is 1.91. The van der Waals surface area contributed by atoms with Gasteiger partial charge in [0.15, 0.2) is 0 Å². The van der Waals surface area contributed by atoms with Gasteiger partial charge in [0, 0.05) is 18.8 Å². The van der Waals surface area contributed by atoms with Crippen LogP contribution >= 0.6 is 0 Å². The molecule has 0 atom stereocenters. The molecule has 0 aliphatic rings. The monoisotopic (exact) mass is 166 g/mol. The smallest absolute Gasteiger partial charge is 0.269 e. The molecule has 1 aromatic heterocycles. The molecule has 0 radical (unpaired) electrons. The van der Waals surface area contributed by atoms with Crippen LogP contribution in [0, 0.1) is 5.41 Å². The van der Waals surface area contributed by atoms with Crippen molar-refractivity contribution in [3.8, 4) is 0 Å². The maximum Gasteiger partial charge on any atom is 0.269 e. The maximum atomic E-state index is 11.2. The highest BCUT2D eigenvalue weighted by atomic mass is 16.1. The first-order valence-electron chi connectivity index (χ1n) is 4.02. The minimum Gasteiger partial charge on any atom is -0.326 e. The fraction of sp³-hybridized carbons (Fsp3) is 0.556. The van der Waals surface area contributed by atoms with E-state index in [1.807, 2.05) is 0 Å². The molecule has 1 N–H and O–H groups in total. The molecule has 0 fully saturated rings. The van der Waals surface area contributed by atoms with Crippen LogP contribution in [0.4, 0.5) is 0 Å². The van der Waals surface area contributed by atoms with E-state index in [2.05, 4.69) is 30.7 Å². The third kappa shape index (κ3) is 2.49. The van der Waals surface area contributed by atoms with Crippen molar-refractivity contribution in [3.63, 3.8) is 0 Å². The molecule has 0 unspecified atom stereocenters. The molecule has 0 amide bonds. The molecule has 0 aliphatic carbocycles. The molecule has 0 spiro atoms. The zero-order valence-corrected chi connectivity index (χ0v) is 7.72. The van der Waals surface area contributed by atoms with Crippen molar-refractivity contribution in [1.29, 1.82) is 0 Å². The van der Waals surface area contributed by atoms with E-state index >= 15 is 0 Å². The lowest BCUT2D eigenvalue weighted by Crippen LogP contribution is -2.20. The van der Waals surface area contributed by atoms with Crippen molar-refractivity contribution in [2.75, 3.05) is 0 Å². The van der Waals surface area contributed by atoms with Crippen LogP contribution < -0.4 is 5.56 Å². The summed E-state index contributed by atoms with van der Waals surface area (Å²) < 4.78 is 0. The number of H-pyrrole nitrogens is 1. The Labute approximate surface area is 71.9 Å². The van der Waals surface area contributed by atoms with Crippen LogP contribution in [0.5, 0.6) is 0 Å². The Morgan fingerprint density at radius 1 is 1.50 bits per heavy atom. The van der Waals surface area contributed by atoms with Gasteiger partial charge in [0.1, 0.15) is 5.69 Å². The van der Waals surface area contributed by atoms with E-state index < -0.39 is 0 Å². The minimum atomic E-state index is -0.0765. The number of nitrogens with one attached hydrogen (secondary N) is 1. The molecule has 0 aromatic carbocycles. The highest BCUT2D eigenvalue weighted by Crippen LogP contribution is 2.16. The van der Waals surface area contributed by atoms with Gasteiger partial charge in [0.05, 0.1) is 0 Å². The van der Waals surface area contributed by atoms with Crippen LogP contribution in [-0.2, 0) is 6.42 Å². The summed E-state index contributed by atoms with van der Waals surface area (Å²) in [6, 6.07) is 0. The van der Waals surface area contributed by atoms with E-state index in [1.54, 1.807) is 12.4 Å². The molecule has 66 valence electrons. The molecule has 1 rings (SSSR count). The van der Waals surface area contributed by atoms with E-state index in [0.29, 0.717) is 12.1 Å². The summed E-state index contributed by atoms with van der Waals surface area (Å²) in [5, 5.41) is 0. The van der Waals surface area contributed by atoms with Crippen LogP contribution in [0.1, 0.15) is 26.5 Å². The second kappa shape index (κ2) is 3.09. The molecule has 0 saturated carbocycles. The van der Waals surface area contributed by atoms with E-state index in [0.717, 1.165) is 0 Å². The fourth-order valence-electron chi connectivity index (χ4n) is 1.01. The Balaban J connectivity index is 2.91. The number of hydrogen-bond acceptors (Lipinski definition) is 2. The number of aromatic amines is 1. The van der Waals surface area contributed by atoms with Crippen LogP contribution in [-0.4, -0.2) is 9.97 Å². The van der Waals surface area contributed by atoms with Gasteiger partial charge in [-0.05, 0) is 5.41 Å². The van der Waals surface area contributed by atoms with Crippen molar-refractivity contribution in [2.24, 2.45) is 5.41 Å². The summed E-state index contributed by atoms with van der Waals surface area (Å²) >= 11 is 0. The quantitative estimate of drug-likeness (QED) is 0.684. The summed E-state index contributed by atoms with van der Waals surface area (Å²) in [4.78, 5) is 17.8. The van der Waals surface area contributed by atoms with Crippen molar-refractivity contribution < 1.29 is 0 Å². The second-order valence-corrected chi connectivity index (χ2v) is 4.10. The molecule has 0 bridgehead atoms. The van der Waals surface area contributed by atoms with E-state index in [1.165, 1.54) is 0 Å². The van der Waals surface area contributed by atoms with Crippen molar-refractivity contribution in [1.82, 2.24) is 9.97 Å². The molecule has 1 heterocycles. The molecule has 12 heavy (non-hydrogen) atoms. The Morgan fingerprint density at radius 2 is 2.17 bits per heavy atom. The summed E-state index contributed by atoms with van der Waals surface area (Å²) in [6.45, 7) is 6.25. The van der Waals surface area contributed by atoms with Crippen molar-refractivity contribution >= 4 is 0 Å². The number of hydrogen-bond donors (Lipinski definition) is 1. The summed E-state index contributed by atoms with van der Waals surface area (Å²) in [7, 11) is 0. The first kappa shape index (κ1) is 8.97. The lowest BCUT2D eigenvalue weighted by Gasteiger charge is -2.16. The zero-order valence-electron chi connectivity index (χ0n) is 7.72. The highest BCUT2D eigenvalue weighted by Gasteiger charge is 2.13. The lowest BCUT2D eigenvalue weighted by atomic mass is 9.91. The summed E-state index contributed by atoms with van der Waals surface area (Å²) in [5.41, 5.74) is 0.652. The van der Waals surface area contributed by atoms with Crippen LogP contribution in [0.3, 0.4) is 0 Å². The van der Waals surface area contributed by atoms with E-state index in [4.69, 9.17) is 0 Å². The minimum absolute atomic E-state index is 0.0765. The molecule has 0 aliphatic heterocycles. The van der Waals surface area contributed by atoms with Gasteiger partial charge in [-0.2, -0.15) is 0 Å². The summed E-state index contributed by atoms with van der Waals surface area (Å²) in [6.07, 6.45) is 3.88. The SMILES string of the molecule is CC(C)(C)Cc1ncc[nH]c1=O. The standard InChI is InChI=1S/C9H14N2O/c1-9(2,3)6-7-8(12)11-5-4-10-7/h4-5H,6H2,1-3H3,(H,11,12). The number of rotatable bonds is 1. The third-order valence-electron chi connectivity index (χ3n) is 1.48. The van der Waals surface area contributed by atoms with Crippen molar-refractivity contribution in [2.45, 2.75) is 27.2 Å². The third-order valence-corrected chi connectivity index (χ3v) is 1.48. The van der Waals surface area contributed by atoms with Gasteiger partial charge >= 0.3 is 0 Å². The molecule has 3 nitrogen and oxygen atoms in total. The first-order chi connectivity index (χ1) is 5.49. The average molecular weight is 166 g/mol. The molecule has 1 aromatic rings. The normalized spacial score (nSPS) is 11.6. The first-order valence-corrected chi connectivity index (χ1v) is 4.02. The van der Waals surface area contributed by atoms with Gasteiger partial charge in [-0.25, -0.2) is 0 Å². The predicted octanol–water partition coefficient (Wildman–Crippen LogP) is 1.36. The Morgan fingerprint density at radius 3 is 2.67 bits per heavy atom. The van der Waals surface area contributed by atoms with Gasteiger partial charge in [-0.1, -0.05) is 20.8 Å². The topological polar surface area (TPSA) is 45.8 Å². The van der Waals surface area contributed by atoms with Crippen molar-refractivity contribution in [3.05, 3.63) is 28.4 Å². The predicted molar refractivity (Wildman–Crippen MR) is 48.0 cm³/mol. The van der Waals surface area contributed by atoms with Crippen LogP contribution in [0.2, 0.25) is 0 Å².